The van der Waals surface area contributed by atoms with Crippen molar-refractivity contribution in [1.82, 2.24) is 4.90 Å². The van der Waals surface area contributed by atoms with Gasteiger partial charge < -0.3 is 10.8 Å². The lowest BCUT2D eigenvalue weighted by Gasteiger charge is -2.23. The van der Waals surface area contributed by atoms with Gasteiger partial charge in [-0.2, -0.15) is 0 Å². The van der Waals surface area contributed by atoms with Crippen LogP contribution in [0.5, 0.6) is 0 Å². The van der Waals surface area contributed by atoms with E-state index in [0.29, 0.717) is 12.6 Å². The highest BCUT2D eigenvalue weighted by Gasteiger charge is 2.31. The summed E-state index contributed by atoms with van der Waals surface area (Å²) in [6.07, 6.45) is 2.33. The van der Waals surface area contributed by atoms with Crippen molar-refractivity contribution in [2.45, 2.75) is 31.5 Å². The minimum absolute atomic E-state index is 0.442. The molecule has 0 radical (unpaired) electrons. The van der Waals surface area contributed by atoms with Gasteiger partial charge in [0.15, 0.2) is 0 Å². The molecule has 0 bridgehead atoms. The number of rotatable bonds is 6. The molecule has 1 aliphatic rings. The first kappa shape index (κ1) is 11.6. The van der Waals surface area contributed by atoms with Crippen LogP contribution >= 0.6 is 11.3 Å². The fourth-order valence-corrected chi connectivity index (χ4v) is 2.45. The maximum absolute atomic E-state index is 10.7. The number of aliphatic carboxylic acids is 1. The van der Waals surface area contributed by atoms with Crippen LogP contribution in [0.3, 0.4) is 0 Å². The van der Waals surface area contributed by atoms with Gasteiger partial charge in [-0.1, -0.05) is 6.07 Å². The first-order valence-corrected chi connectivity index (χ1v) is 6.29. The zero-order valence-electron chi connectivity index (χ0n) is 9.00. The molecule has 1 saturated carbocycles. The molecule has 1 aliphatic carbocycles. The third kappa shape index (κ3) is 3.04. The third-order valence-corrected chi connectivity index (χ3v) is 3.61. The van der Waals surface area contributed by atoms with Crippen molar-refractivity contribution in [3.05, 3.63) is 22.4 Å². The Balaban J connectivity index is 1.92. The van der Waals surface area contributed by atoms with E-state index >= 15 is 0 Å². The molecule has 2 rings (SSSR count). The van der Waals surface area contributed by atoms with Crippen LogP contribution in [0.25, 0.3) is 0 Å². The number of nitrogens with two attached hydrogens (primary N) is 1. The molecule has 1 aromatic heterocycles. The Hall–Kier alpha value is -0.910. The summed E-state index contributed by atoms with van der Waals surface area (Å²) in [4.78, 5) is 14.2. The highest BCUT2D eigenvalue weighted by molar-refractivity contribution is 7.09. The van der Waals surface area contributed by atoms with Crippen LogP contribution in [0.2, 0.25) is 0 Å². The normalized spacial score (nSPS) is 17.6. The van der Waals surface area contributed by atoms with Crippen molar-refractivity contribution in [3.8, 4) is 0 Å². The zero-order chi connectivity index (χ0) is 11.5. The molecule has 1 aromatic rings. The van der Waals surface area contributed by atoms with Crippen LogP contribution in [0.1, 0.15) is 17.7 Å². The molecule has 0 amide bonds. The van der Waals surface area contributed by atoms with Crippen LogP contribution in [0, 0.1) is 0 Å². The third-order valence-electron chi connectivity index (χ3n) is 2.75. The summed E-state index contributed by atoms with van der Waals surface area (Å²) < 4.78 is 0. The van der Waals surface area contributed by atoms with Gasteiger partial charge in [-0.25, -0.2) is 0 Å². The van der Waals surface area contributed by atoms with Crippen LogP contribution < -0.4 is 5.73 Å². The van der Waals surface area contributed by atoms with Crippen molar-refractivity contribution >= 4 is 17.3 Å². The summed E-state index contributed by atoms with van der Waals surface area (Å²) in [5.41, 5.74) is 5.57. The van der Waals surface area contributed by atoms with E-state index in [-0.39, 0.29) is 0 Å². The van der Waals surface area contributed by atoms with Crippen LogP contribution in [-0.4, -0.2) is 34.6 Å². The number of hydrogen-bond donors (Lipinski definition) is 2. The van der Waals surface area contributed by atoms with Crippen molar-refractivity contribution in [2.75, 3.05) is 6.54 Å². The summed E-state index contributed by atoms with van der Waals surface area (Å²) in [7, 11) is 0. The van der Waals surface area contributed by atoms with Gasteiger partial charge >= 0.3 is 5.97 Å². The number of carboxylic acid groups (broad SMARTS) is 1. The topological polar surface area (TPSA) is 66.6 Å². The smallest absolute Gasteiger partial charge is 0.321 e. The predicted molar refractivity (Wildman–Crippen MR) is 63.4 cm³/mol. The second kappa shape index (κ2) is 4.95. The zero-order valence-corrected chi connectivity index (χ0v) is 9.82. The molecule has 16 heavy (non-hydrogen) atoms. The number of nitrogens with zero attached hydrogens (tertiary/aromatic N) is 1. The Morgan fingerprint density at radius 2 is 2.44 bits per heavy atom. The molecule has 1 atom stereocenters. The average Bonchev–Trinajstić information content (AvgIpc) is 2.97. The molecule has 0 spiro atoms. The van der Waals surface area contributed by atoms with Gasteiger partial charge in [-0.05, 0) is 24.3 Å². The molecule has 4 nitrogen and oxygen atoms in total. The van der Waals surface area contributed by atoms with E-state index in [1.165, 1.54) is 4.88 Å². The van der Waals surface area contributed by atoms with E-state index in [2.05, 4.69) is 11.0 Å². The van der Waals surface area contributed by atoms with E-state index in [0.717, 1.165) is 19.4 Å². The fraction of sp³-hybridized carbons (Fsp3) is 0.545. The molecule has 5 heteroatoms. The Labute approximate surface area is 98.7 Å². The quantitative estimate of drug-likeness (QED) is 0.782. The van der Waals surface area contributed by atoms with Crippen molar-refractivity contribution in [3.63, 3.8) is 0 Å². The van der Waals surface area contributed by atoms with Crippen molar-refractivity contribution in [2.24, 2.45) is 5.73 Å². The molecular formula is C11H16N2O2S. The lowest BCUT2D eigenvalue weighted by Crippen LogP contribution is -2.43. The Morgan fingerprint density at radius 3 is 2.94 bits per heavy atom. The SMILES string of the molecule is NC(CN(Cc1cccs1)C1CC1)C(=O)O. The first-order chi connectivity index (χ1) is 7.66. The minimum Gasteiger partial charge on any atom is -0.480 e. The number of thiophene rings is 1. The molecule has 3 N–H and O–H groups in total. The van der Waals surface area contributed by atoms with Gasteiger partial charge in [0.05, 0.1) is 0 Å². The van der Waals surface area contributed by atoms with Gasteiger partial charge in [0.1, 0.15) is 6.04 Å². The lowest BCUT2D eigenvalue weighted by atomic mass is 10.2. The van der Waals surface area contributed by atoms with E-state index in [1.54, 1.807) is 11.3 Å². The average molecular weight is 240 g/mol. The van der Waals surface area contributed by atoms with Crippen LogP contribution in [0.15, 0.2) is 17.5 Å². The molecular weight excluding hydrogens is 224 g/mol. The summed E-state index contributed by atoms with van der Waals surface area (Å²) in [5.74, 6) is -0.920. The second-order valence-electron chi connectivity index (χ2n) is 4.18. The van der Waals surface area contributed by atoms with Crippen molar-refractivity contribution in [1.29, 1.82) is 0 Å². The molecule has 0 aliphatic heterocycles. The van der Waals surface area contributed by atoms with E-state index in [4.69, 9.17) is 10.8 Å². The first-order valence-electron chi connectivity index (χ1n) is 5.41. The summed E-state index contributed by atoms with van der Waals surface area (Å²) >= 11 is 1.70. The minimum atomic E-state index is -0.920. The van der Waals surface area contributed by atoms with Gasteiger partial charge in [0, 0.05) is 24.0 Å². The number of carboxylic acids is 1. The summed E-state index contributed by atoms with van der Waals surface area (Å²) in [5, 5.41) is 10.8. The van der Waals surface area contributed by atoms with Crippen LogP contribution in [0.4, 0.5) is 0 Å². The standard InChI is InChI=1S/C11H16N2O2S/c12-10(11(14)15)7-13(8-3-4-8)6-9-2-1-5-16-9/h1-2,5,8,10H,3-4,6-7,12H2,(H,14,15). The monoisotopic (exact) mass is 240 g/mol. The Morgan fingerprint density at radius 1 is 1.69 bits per heavy atom. The molecule has 1 heterocycles. The van der Waals surface area contributed by atoms with Gasteiger partial charge in [0.2, 0.25) is 0 Å². The van der Waals surface area contributed by atoms with E-state index < -0.39 is 12.0 Å². The number of carbonyl (C=O) groups is 1. The maximum Gasteiger partial charge on any atom is 0.321 e. The van der Waals surface area contributed by atoms with E-state index in [9.17, 15) is 4.79 Å². The van der Waals surface area contributed by atoms with Gasteiger partial charge in [-0.15, -0.1) is 11.3 Å². The molecule has 0 saturated heterocycles. The Kier molecular flexibility index (Phi) is 3.58. The molecule has 0 aromatic carbocycles. The number of hydrogen-bond acceptors (Lipinski definition) is 4. The lowest BCUT2D eigenvalue weighted by molar-refractivity contribution is -0.139. The maximum atomic E-state index is 10.7. The van der Waals surface area contributed by atoms with Crippen LogP contribution in [-0.2, 0) is 11.3 Å². The summed E-state index contributed by atoms with van der Waals surface area (Å²) in [6, 6.07) is 3.85. The highest BCUT2D eigenvalue weighted by atomic mass is 32.1. The van der Waals surface area contributed by atoms with Gasteiger partial charge in [0.25, 0.3) is 0 Å². The Bertz CT molecular complexity index is 349. The largest absolute Gasteiger partial charge is 0.480 e. The highest BCUT2D eigenvalue weighted by Crippen LogP contribution is 2.29. The van der Waals surface area contributed by atoms with Gasteiger partial charge in [-0.3, -0.25) is 9.69 Å². The molecule has 88 valence electrons. The van der Waals surface area contributed by atoms with Crippen molar-refractivity contribution < 1.29 is 9.90 Å². The molecule has 1 unspecified atom stereocenters. The predicted octanol–water partition coefficient (Wildman–Crippen LogP) is 1.12. The summed E-state index contributed by atoms with van der Waals surface area (Å²) in [6.45, 7) is 1.27. The fourth-order valence-electron chi connectivity index (χ4n) is 1.72. The second-order valence-corrected chi connectivity index (χ2v) is 5.22. The van der Waals surface area contributed by atoms with E-state index in [1.807, 2.05) is 11.4 Å². The molecule has 1 fully saturated rings.